The highest BCUT2D eigenvalue weighted by Gasteiger charge is 2.27. The van der Waals surface area contributed by atoms with Gasteiger partial charge in [-0.25, -0.2) is 9.69 Å². The Kier molecular flexibility index (Phi) is 5.73. The standard InChI is InChI=1S/C19H19BrClNO2/c1-13(14-9-11-15(21)12-10-14)22(18(23)24-19(2,3)4)17-8-6-5-7-16(17)20/h5-12H,1H2,2-4H3. The maximum absolute atomic E-state index is 12.8. The van der Waals surface area contributed by atoms with E-state index in [0.29, 0.717) is 16.4 Å². The summed E-state index contributed by atoms with van der Waals surface area (Å²) in [5, 5.41) is 0.622. The van der Waals surface area contributed by atoms with Crippen LogP contribution in [0.2, 0.25) is 5.02 Å². The van der Waals surface area contributed by atoms with Gasteiger partial charge >= 0.3 is 6.09 Å². The smallest absolute Gasteiger partial charge is 0.419 e. The molecule has 0 bridgehead atoms. The van der Waals surface area contributed by atoms with Crippen LogP contribution in [0, 0.1) is 0 Å². The number of nitrogens with zero attached hydrogens (tertiary/aromatic N) is 1. The zero-order valence-corrected chi connectivity index (χ0v) is 16.2. The molecule has 0 aliphatic carbocycles. The van der Waals surface area contributed by atoms with Crippen molar-refractivity contribution in [1.82, 2.24) is 0 Å². The number of carbonyl (C=O) groups excluding carboxylic acids is 1. The number of carbonyl (C=O) groups is 1. The number of hydrogen-bond acceptors (Lipinski definition) is 2. The molecule has 24 heavy (non-hydrogen) atoms. The van der Waals surface area contributed by atoms with Crippen LogP contribution in [0.25, 0.3) is 5.70 Å². The van der Waals surface area contributed by atoms with Crippen molar-refractivity contribution in [1.29, 1.82) is 0 Å². The zero-order chi connectivity index (χ0) is 17.9. The Bertz CT molecular complexity index is 751. The molecular formula is C19H19BrClNO2. The molecule has 0 atom stereocenters. The van der Waals surface area contributed by atoms with E-state index >= 15 is 0 Å². The number of rotatable bonds is 3. The van der Waals surface area contributed by atoms with Crippen molar-refractivity contribution in [3.8, 4) is 0 Å². The van der Waals surface area contributed by atoms with Gasteiger partial charge in [0.05, 0.1) is 11.4 Å². The van der Waals surface area contributed by atoms with Gasteiger partial charge in [0.2, 0.25) is 0 Å². The molecule has 2 rings (SSSR count). The summed E-state index contributed by atoms with van der Waals surface area (Å²) in [6, 6.07) is 14.6. The number of benzene rings is 2. The van der Waals surface area contributed by atoms with Crippen LogP contribution in [0.4, 0.5) is 10.5 Å². The number of hydrogen-bond donors (Lipinski definition) is 0. The Morgan fingerprint density at radius 2 is 1.71 bits per heavy atom. The van der Waals surface area contributed by atoms with E-state index in [9.17, 15) is 4.79 Å². The van der Waals surface area contributed by atoms with Crippen molar-refractivity contribution in [2.75, 3.05) is 4.90 Å². The lowest BCUT2D eigenvalue weighted by molar-refractivity contribution is 0.0600. The quantitative estimate of drug-likeness (QED) is 0.579. The van der Waals surface area contributed by atoms with Gasteiger partial charge in [0, 0.05) is 9.50 Å². The fourth-order valence-electron chi connectivity index (χ4n) is 2.07. The first-order valence-electron chi connectivity index (χ1n) is 7.41. The molecule has 1 amide bonds. The van der Waals surface area contributed by atoms with Crippen molar-refractivity contribution in [2.24, 2.45) is 0 Å². The molecule has 0 saturated carbocycles. The summed E-state index contributed by atoms with van der Waals surface area (Å²) >= 11 is 9.43. The van der Waals surface area contributed by atoms with E-state index in [1.54, 1.807) is 12.1 Å². The molecular weight excluding hydrogens is 390 g/mol. The largest absolute Gasteiger partial charge is 0.443 e. The van der Waals surface area contributed by atoms with Crippen LogP contribution in [0.1, 0.15) is 26.3 Å². The molecule has 0 radical (unpaired) electrons. The molecule has 0 aliphatic rings. The zero-order valence-electron chi connectivity index (χ0n) is 13.8. The van der Waals surface area contributed by atoms with E-state index in [4.69, 9.17) is 16.3 Å². The molecule has 0 N–H and O–H groups in total. The van der Waals surface area contributed by atoms with E-state index in [2.05, 4.69) is 22.5 Å². The van der Waals surface area contributed by atoms with Crippen molar-refractivity contribution in [2.45, 2.75) is 26.4 Å². The minimum Gasteiger partial charge on any atom is -0.443 e. The van der Waals surface area contributed by atoms with Crippen molar-refractivity contribution < 1.29 is 9.53 Å². The highest BCUT2D eigenvalue weighted by atomic mass is 79.9. The van der Waals surface area contributed by atoms with Crippen LogP contribution in [0.15, 0.2) is 59.6 Å². The maximum Gasteiger partial charge on any atom is 0.419 e. The number of anilines is 1. The first-order chi connectivity index (χ1) is 11.2. The summed E-state index contributed by atoms with van der Waals surface area (Å²) in [6.07, 6.45) is -0.491. The van der Waals surface area contributed by atoms with Crippen LogP contribution in [0.3, 0.4) is 0 Å². The number of ether oxygens (including phenoxy) is 1. The highest BCUT2D eigenvalue weighted by Crippen LogP contribution is 2.33. The van der Waals surface area contributed by atoms with Gasteiger partial charge in [-0.2, -0.15) is 0 Å². The predicted molar refractivity (Wildman–Crippen MR) is 103 cm³/mol. The second-order valence-electron chi connectivity index (χ2n) is 6.22. The van der Waals surface area contributed by atoms with Crippen molar-refractivity contribution >= 4 is 45.0 Å². The van der Waals surface area contributed by atoms with E-state index in [1.807, 2.05) is 57.2 Å². The molecule has 0 fully saturated rings. The summed E-state index contributed by atoms with van der Waals surface area (Å²) in [6.45, 7) is 9.57. The molecule has 0 heterocycles. The van der Waals surface area contributed by atoms with Gasteiger partial charge in [-0.15, -0.1) is 0 Å². The Balaban J connectivity index is 2.46. The summed E-state index contributed by atoms with van der Waals surface area (Å²) < 4.78 is 6.32. The van der Waals surface area contributed by atoms with Crippen LogP contribution in [-0.2, 0) is 4.74 Å². The molecule has 0 saturated heterocycles. The normalized spacial score (nSPS) is 11.0. The third-order valence-corrected chi connectivity index (χ3v) is 4.04. The Morgan fingerprint density at radius 1 is 1.12 bits per heavy atom. The second kappa shape index (κ2) is 7.41. The molecule has 3 nitrogen and oxygen atoms in total. The van der Waals surface area contributed by atoms with E-state index in [1.165, 1.54) is 4.90 Å². The molecule has 5 heteroatoms. The minimum atomic E-state index is -0.614. The molecule has 0 aliphatic heterocycles. The second-order valence-corrected chi connectivity index (χ2v) is 7.51. The number of para-hydroxylation sites is 1. The fraction of sp³-hybridized carbons (Fsp3) is 0.211. The van der Waals surface area contributed by atoms with Crippen molar-refractivity contribution in [3.05, 3.63) is 70.2 Å². The van der Waals surface area contributed by atoms with Gasteiger partial charge in [-0.3, -0.25) is 0 Å². The van der Waals surface area contributed by atoms with Gasteiger partial charge < -0.3 is 4.74 Å². The SMILES string of the molecule is C=C(c1ccc(Cl)cc1)N(C(=O)OC(C)(C)C)c1ccccc1Br. The van der Waals surface area contributed by atoms with Gasteiger partial charge in [0.1, 0.15) is 5.60 Å². The summed E-state index contributed by atoms with van der Waals surface area (Å²) in [5.41, 5.74) is 1.33. The number of amides is 1. The maximum atomic E-state index is 12.8. The minimum absolute atomic E-state index is 0.491. The first-order valence-corrected chi connectivity index (χ1v) is 8.58. The fourth-order valence-corrected chi connectivity index (χ4v) is 2.65. The topological polar surface area (TPSA) is 29.5 Å². The van der Waals surface area contributed by atoms with Crippen LogP contribution >= 0.6 is 27.5 Å². The summed E-state index contributed by atoms with van der Waals surface area (Å²) in [7, 11) is 0. The highest BCUT2D eigenvalue weighted by molar-refractivity contribution is 9.10. The summed E-state index contributed by atoms with van der Waals surface area (Å²) in [5.74, 6) is 0. The molecule has 0 aromatic heterocycles. The van der Waals surface area contributed by atoms with Gasteiger partial charge in [-0.1, -0.05) is 42.4 Å². The lowest BCUT2D eigenvalue weighted by Gasteiger charge is -2.29. The molecule has 0 unspecified atom stereocenters. The van der Waals surface area contributed by atoms with Crippen LogP contribution in [-0.4, -0.2) is 11.7 Å². The predicted octanol–water partition coefficient (Wildman–Crippen LogP) is 6.51. The first kappa shape index (κ1) is 18.6. The molecule has 126 valence electrons. The molecule has 0 spiro atoms. The average Bonchev–Trinajstić information content (AvgIpc) is 2.48. The van der Waals surface area contributed by atoms with Gasteiger partial charge in [0.25, 0.3) is 0 Å². The van der Waals surface area contributed by atoms with Crippen LogP contribution < -0.4 is 4.90 Å². The third kappa shape index (κ3) is 4.62. The lowest BCUT2D eigenvalue weighted by Crippen LogP contribution is -2.35. The lowest BCUT2D eigenvalue weighted by atomic mass is 10.1. The van der Waals surface area contributed by atoms with E-state index in [-0.39, 0.29) is 0 Å². The number of halogens is 2. The van der Waals surface area contributed by atoms with Crippen molar-refractivity contribution in [3.63, 3.8) is 0 Å². The van der Waals surface area contributed by atoms with E-state index in [0.717, 1.165) is 10.0 Å². The monoisotopic (exact) mass is 407 g/mol. The molecule has 2 aromatic rings. The van der Waals surface area contributed by atoms with Gasteiger partial charge in [-0.05, 0) is 66.5 Å². The summed E-state index contributed by atoms with van der Waals surface area (Å²) in [4.78, 5) is 14.2. The van der Waals surface area contributed by atoms with Crippen LogP contribution in [0.5, 0.6) is 0 Å². The Labute approximate surface area is 156 Å². The van der Waals surface area contributed by atoms with Gasteiger partial charge in [0.15, 0.2) is 0 Å². The Morgan fingerprint density at radius 3 is 2.25 bits per heavy atom. The average molecular weight is 409 g/mol. The van der Waals surface area contributed by atoms with E-state index < -0.39 is 11.7 Å². The third-order valence-electron chi connectivity index (χ3n) is 3.12. The Hall–Kier alpha value is -1.78. The molecule has 2 aromatic carbocycles.